The summed E-state index contributed by atoms with van der Waals surface area (Å²) in [4.78, 5) is 15.5. The first-order valence-corrected chi connectivity index (χ1v) is 7.39. The van der Waals surface area contributed by atoms with Crippen LogP contribution < -0.4 is 4.74 Å². The number of hydrogen-bond acceptors (Lipinski definition) is 3. The Morgan fingerprint density at radius 1 is 1.22 bits per heavy atom. The van der Waals surface area contributed by atoms with Crippen molar-refractivity contribution in [3.05, 3.63) is 77.2 Å². The fourth-order valence-corrected chi connectivity index (χ4v) is 2.38. The molecule has 0 amide bonds. The number of hydrogen-bond donors (Lipinski definition) is 0. The second kappa shape index (κ2) is 6.57. The first-order valence-electron chi connectivity index (χ1n) is 7.39. The van der Waals surface area contributed by atoms with E-state index in [2.05, 4.69) is 4.99 Å². The molecule has 0 spiro atoms. The maximum absolute atomic E-state index is 14.3. The van der Waals surface area contributed by atoms with Crippen molar-refractivity contribution < 1.29 is 13.9 Å². The lowest BCUT2D eigenvalue weighted by Crippen LogP contribution is -2.02. The lowest BCUT2D eigenvalue weighted by atomic mass is 10.1. The highest BCUT2D eigenvalue weighted by Gasteiger charge is 2.17. The third-order valence-electron chi connectivity index (χ3n) is 3.60. The summed E-state index contributed by atoms with van der Waals surface area (Å²) in [6.07, 6.45) is 2.19. The molecule has 0 unspecified atom stereocenters. The van der Waals surface area contributed by atoms with Gasteiger partial charge in [-0.1, -0.05) is 30.3 Å². The van der Waals surface area contributed by atoms with E-state index in [0.717, 1.165) is 5.56 Å². The van der Waals surface area contributed by atoms with Crippen LogP contribution >= 0.6 is 0 Å². The molecule has 2 aromatic carbocycles. The first kappa shape index (κ1) is 15.2. The fraction of sp³-hybridized carbons (Fsp3) is 0.158. The molecule has 2 aromatic rings. The van der Waals surface area contributed by atoms with Gasteiger partial charge in [0.2, 0.25) is 0 Å². The number of allylic oxidation sites excluding steroid dienone is 2. The molecule has 4 heteroatoms. The molecule has 0 fully saturated rings. The number of carbonyl (C=O) groups is 1. The van der Waals surface area contributed by atoms with E-state index >= 15 is 0 Å². The van der Waals surface area contributed by atoms with E-state index in [-0.39, 0.29) is 5.78 Å². The van der Waals surface area contributed by atoms with Crippen molar-refractivity contribution in [3.8, 4) is 5.75 Å². The third kappa shape index (κ3) is 3.54. The Hall–Kier alpha value is -2.75. The maximum Gasteiger partial charge on any atom is 0.177 e. The number of carbonyl (C=O) groups excluding carboxylic acids is 1. The van der Waals surface area contributed by atoms with Crippen molar-refractivity contribution >= 4 is 11.5 Å². The van der Waals surface area contributed by atoms with E-state index in [1.165, 1.54) is 13.0 Å². The molecule has 0 N–H and O–H groups in total. The monoisotopic (exact) mass is 309 g/mol. The average Bonchev–Trinajstić information content (AvgIpc) is 3.04. The Kier molecular flexibility index (Phi) is 4.33. The highest BCUT2D eigenvalue weighted by atomic mass is 19.1. The van der Waals surface area contributed by atoms with Gasteiger partial charge in [-0.25, -0.2) is 9.38 Å². The molecule has 1 aliphatic rings. The van der Waals surface area contributed by atoms with Gasteiger partial charge in [0, 0.05) is 25.0 Å². The molecule has 0 aliphatic carbocycles. The van der Waals surface area contributed by atoms with Crippen molar-refractivity contribution in [1.29, 1.82) is 0 Å². The summed E-state index contributed by atoms with van der Waals surface area (Å²) in [5.41, 5.74) is 2.39. The highest BCUT2D eigenvalue weighted by molar-refractivity contribution is 6.08. The summed E-state index contributed by atoms with van der Waals surface area (Å²) in [6, 6.07) is 14.4. The Labute approximate surface area is 134 Å². The summed E-state index contributed by atoms with van der Waals surface area (Å²) in [5, 5.41) is 0. The molecule has 116 valence electrons. The van der Waals surface area contributed by atoms with Gasteiger partial charge >= 0.3 is 0 Å². The lowest BCUT2D eigenvalue weighted by molar-refractivity contribution is -0.113. The molecule has 1 heterocycles. The number of nitrogens with zero attached hydrogens (tertiary/aromatic N) is 1. The third-order valence-corrected chi connectivity index (χ3v) is 3.60. The summed E-state index contributed by atoms with van der Waals surface area (Å²) < 4.78 is 19.9. The predicted octanol–water partition coefficient (Wildman–Crippen LogP) is 4.07. The van der Waals surface area contributed by atoms with E-state index in [0.29, 0.717) is 35.7 Å². The maximum atomic E-state index is 14.3. The van der Waals surface area contributed by atoms with E-state index in [9.17, 15) is 9.18 Å². The average molecular weight is 309 g/mol. The zero-order valence-corrected chi connectivity index (χ0v) is 12.8. The molecule has 3 rings (SSSR count). The smallest absolute Gasteiger partial charge is 0.177 e. The normalized spacial score (nSPS) is 13.5. The SMILES string of the molecule is CC(=O)C1=CCC(c2ccc(OCc3ccccc3)cc2F)=N1. The van der Waals surface area contributed by atoms with Crippen LogP contribution in [0.25, 0.3) is 0 Å². The van der Waals surface area contributed by atoms with Crippen LogP contribution in [0.2, 0.25) is 0 Å². The first-order chi connectivity index (χ1) is 11.1. The van der Waals surface area contributed by atoms with E-state index in [1.807, 2.05) is 30.3 Å². The van der Waals surface area contributed by atoms with Gasteiger partial charge in [-0.2, -0.15) is 0 Å². The van der Waals surface area contributed by atoms with E-state index in [4.69, 9.17) is 4.74 Å². The van der Waals surface area contributed by atoms with Crippen LogP contribution in [-0.2, 0) is 11.4 Å². The largest absolute Gasteiger partial charge is 0.489 e. The Morgan fingerprint density at radius 3 is 2.65 bits per heavy atom. The number of ether oxygens (including phenoxy) is 1. The lowest BCUT2D eigenvalue weighted by Gasteiger charge is -2.08. The molecular weight excluding hydrogens is 293 g/mol. The van der Waals surface area contributed by atoms with Gasteiger partial charge in [0.25, 0.3) is 0 Å². The van der Waals surface area contributed by atoms with Crippen molar-refractivity contribution in [3.63, 3.8) is 0 Å². The van der Waals surface area contributed by atoms with Gasteiger partial charge < -0.3 is 4.74 Å². The van der Waals surface area contributed by atoms with Crippen LogP contribution in [0.1, 0.15) is 24.5 Å². The number of Topliss-reactive ketones (excluding diaryl/α,β-unsaturated/α-hetero) is 1. The van der Waals surface area contributed by atoms with E-state index < -0.39 is 5.82 Å². The minimum Gasteiger partial charge on any atom is -0.489 e. The summed E-state index contributed by atoms with van der Waals surface area (Å²) in [5.74, 6) is -0.0378. The number of rotatable bonds is 5. The van der Waals surface area contributed by atoms with Gasteiger partial charge in [0.05, 0.1) is 5.71 Å². The zero-order valence-electron chi connectivity index (χ0n) is 12.8. The highest BCUT2D eigenvalue weighted by Crippen LogP contribution is 2.23. The van der Waals surface area contributed by atoms with Crippen LogP contribution in [0.15, 0.2) is 65.3 Å². The molecule has 3 nitrogen and oxygen atoms in total. The van der Waals surface area contributed by atoms with Crippen LogP contribution in [0.5, 0.6) is 5.75 Å². The zero-order chi connectivity index (χ0) is 16.2. The van der Waals surface area contributed by atoms with Gasteiger partial charge in [-0.15, -0.1) is 0 Å². The molecule has 0 radical (unpaired) electrons. The van der Waals surface area contributed by atoms with Gasteiger partial charge in [0.15, 0.2) is 5.78 Å². The molecule has 0 atom stereocenters. The molecule has 0 bridgehead atoms. The summed E-state index contributed by atoms with van der Waals surface area (Å²) >= 11 is 0. The second-order valence-electron chi connectivity index (χ2n) is 5.32. The molecule has 0 saturated heterocycles. The van der Waals surface area contributed by atoms with Crippen LogP contribution in [0.4, 0.5) is 4.39 Å². The van der Waals surface area contributed by atoms with Gasteiger partial charge in [0.1, 0.15) is 23.9 Å². The molecule has 0 aromatic heterocycles. The van der Waals surface area contributed by atoms with Gasteiger partial charge in [-0.05, 0) is 23.8 Å². The number of benzene rings is 2. The number of aliphatic imine (C=N–C) groups is 1. The fourth-order valence-electron chi connectivity index (χ4n) is 2.38. The predicted molar refractivity (Wildman–Crippen MR) is 87.1 cm³/mol. The Bertz CT molecular complexity index is 794. The summed E-state index contributed by atoms with van der Waals surface area (Å²) in [7, 11) is 0. The second-order valence-corrected chi connectivity index (χ2v) is 5.32. The van der Waals surface area contributed by atoms with E-state index in [1.54, 1.807) is 18.2 Å². The van der Waals surface area contributed by atoms with Crippen molar-refractivity contribution in [1.82, 2.24) is 0 Å². The van der Waals surface area contributed by atoms with Crippen molar-refractivity contribution in [2.75, 3.05) is 0 Å². The number of halogens is 1. The van der Waals surface area contributed by atoms with Crippen molar-refractivity contribution in [2.45, 2.75) is 20.0 Å². The van der Waals surface area contributed by atoms with Crippen LogP contribution in [0.3, 0.4) is 0 Å². The summed E-state index contributed by atoms with van der Waals surface area (Å²) in [6.45, 7) is 1.84. The van der Waals surface area contributed by atoms with Gasteiger partial charge in [-0.3, -0.25) is 4.79 Å². The topological polar surface area (TPSA) is 38.7 Å². The molecule has 1 aliphatic heterocycles. The molecule has 23 heavy (non-hydrogen) atoms. The standard InChI is InChI=1S/C19H16FNO2/c1-13(22)18-9-10-19(21-18)16-8-7-15(11-17(16)20)23-12-14-5-3-2-4-6-14/h2-9,11H,10,12H2,1H3. The van der Waals surface area contributed by atoms with Crippen LogP contribution in [-0.4, -0.2) is 11.5 Å². The quantitative estimate of drug-likeness (QED) is 0.835. The minimum absolute atomic E-state index is 0.108. The minimum atomic E-state index is -0.396. The molecule has 0 saturated carbocycles. The molecular formula is C19H16FNO2. The van der Waals surface area contributed by atoms with Crippen LogP contribution in [0, 0.1) is 5.82 Å². The van der Waals surface area contributed by atoms with Crippen molar-refractivity contribution in [2.24, 2.45) is 4.99 Å². The number of ketones is 1. The Morgan fingerprint density at radius 2 is 2.00 bits per heavy atom. The Balaban J connectivity index is 1.72.